The molecule has 1 saturated heterocycles. The van der Waals surface area contributed by atoms with E-state index < -0.39 is 46.8 Å². The Morgan fingerprint density at radius 2 is 1.81 bits per heavy atom. The second-order valence-electron chi connectivity index (χ2n) is 5.35. The van der Waals surface area contributed by atoms with Gasteiger partial charge in [-0.05, 0) is 5.56 Å². The second kappa shape index (κ2) is 9.85. The molecule has 4 amide bonds. The Labute approximate surface area is 167 Å². The van der Waals surface area contributed by atoms with Gasteiger partial charge in [0.1, 0.15) is 23.6 Å². The lowest BCUT2D eigenvalue weighted by Gasteiger charge is -2.13. The number of alkyl halides is 1. The summed E-state index contributed by atoms with van der Waals surface area (Å²) in [6.45, 7) is -0.933. The number of nitrogens with zero attached hydrogens (tertiary/aromatic N) is 1. The van der Waals surface area contributed by atoms with E-state index in [1.807, 2.05) is 6.07 Å². The highest BCUT2D eigenvalue weighted by molar-refractivity contribution is 14.1. The van der Waals surface area contributed by atoms with Gasteiger partial charge in [0.15, 0.2) is 0 Å². The minimum absolute atomic E-state index is 0.0476. The number of hydrogen-bond donors (Lipinski definition) is 2. The molecule has 0 aliphatic carbocycles. The summed E-state index contributed by atoms with van der Waals surface area (Å²) < 4.78 is 4.34. The van der Waals surface area contributed by atoms with E-state index in [1.165, 1.54) is 0 Å². The number of carbonyl (C=O) groups excluding carboxylic acids is 5. The summed E-state index contributed by atoms with van der Waals surface area (Å²) >= 11 is 1.77. The minimum atomic E-state index is -0.984. The summed E-state index contributed by atoms with van der Waals surface area (Å²) in [6.07, 6.45) is -0.841. The molecule has 1 atom stereocenters. The highest BCUT2D eigenvalue weighted by Gasteiger charge is 2.40. The Morgan fingerprint density at radius 1 is 1.11 bits per heavy atom. The molecule has 10 nitrogen and oxygen atoms in total. The molecular weight excluding hydrogens is 473 g/mol. The highest BCUT2D eigenvalue weighted by atomic mass is 127. The summed E-state index contributed by atoms with van der Waals surface area (Å²) in [5.41, 5.74) is 0.791. The molecule has 1 aliphatic rings. The molecule has 1 aliphatic heterocycles. The van der Waals surface area contributed by atoms with Crippen LogP contribution in [0.2, 0.25) is 0 Å². The maximum atomic E-state index is 11.6. The number of benzene rings is 1. The third-order valence-corrected chi connectivity index (χ3v) is 4.25. The normalized spacial score (nSPS) is 16.0. The molecule has 27 heavy (non-hydrogen) atoms. The fraction of sp³-hybridized carbons (Fsp3) is 0.312. The van der Waals surface area contributed by atoms with Gasteiger partial charge in [-0.2, -0.15) is 0 Å². The van der Waals surface area contributed by atoms with E-state index >= 15 is 0 Å². The molecule has 1 aromatic rings. The summed E-state index contributed by atoms with van der Waals surface area (Å²) in [5, 5.41) is 4.81. The first kappa shape index (κ1) is 20.6. The number of alkyl carbamates (subject to hydrolysis) is 1. The van der Waals surface area contributed by atoms with Crippen LogP contribution in [0.5, 0.6) is 0 Å². The van der Waals surface area contributed by atoms with E-state index in [2.05, 4.69) is 15.5 Å². The topological polar surface area (TPSA) is 131 Å². The molecule has 0 radical (unpaired) electrons. The molecule has 0 bridgehead atoms. The number of halogens is 1. The van der Waals surface area contributed by atoms with Crippen molar-refractivity contribution in [1.82, 2.24) is 15.7 Å². The largest absolute Gasteiger partial charge is 0.445 e. The van der Waals surface area contributed by atoms with Crippen molar-refractivity contribution < 1.29 is 33.5 Å². The summed E-state index contributed by atoms with van der Waals surface area (Å²) in [7, 11) is 0. The summed E-state index contributed by atoms with van der Waals surface area (Å²) in [6, 6.07) is 8.98. The number of imide groups is 1. The van der Waals surface area contributed by atoms with Gasteiger partial charge >= 0.3 is 12.1 Å². The van der Waals surface area contributed by atoms with Gasteiger partial charge < -0.3 is 20.2 Å². The van der Waals surface area contributed by atoms with Crippen molar-refractivity contribution in [2.24, 2.45) is 0 Å². The van der Waals surface area contributed by atoms with Gasteiger partial charge in [0.2, 0.25) is 5.91 Å². The lowest BCUT2D eigenvalue weighted by molar-refractivity contribution is -0.196. The fourth-order valence-electron chi connectivity index (χ4n) is 1.96. The molecule has 1 aromatic carbocycles. The molecular formula is C16H16IN3O7. The third kappa shape index (κ3) is 6.51. The van der Waals surface area contributed by atoms with Gasteiger partial charge in [0.25, 0.3) is 11.8 Å². The number of hydrogen-bond acceptors (Lipinski definition) is 7. The molecule has 0 aromatic heterocycles. The number of nitrogens with one attached hydrogen (secondary N) is 2. The van der Waals surface area contributed by atoms with Gasteiger partial charge in [-0.25, -0.2) is 9.59 Å². The van der Waals surface area contributed by atoms with Crippen LogP contribution in [0.25, 0.3) is 0 Å². The van der Waals surface area contributed by atoms with Crippen molar-refractivity contribution in [3.63, 3.8) is 0 Å². The van der Waals surface area contributed by atoms with Gasteiger partial charge in [-0.3, -0.25) is 14.4 Å². The fourth-order valence-corrected chi connectivity index (χ4v) is 2.59. The maximum Gasteiger partial charge on any atom is 0.407 e. The second-order valence-corrected chi connectivity index (χ2v) is 6.86. The van der Waals surface area contributed by atoms with Gasteiger partial charge in [0, 0.05) is 0 Å². The smallest absolute Gasteiger partial charge is 0.407 e. The molecule has 0 saturated carbocycles. The van der Waals surface area contributed by atoms with Crippen molar-refractivity contribution >= 4 is 52.4 Å². The molecule has 0 spiro atoms. The van der Waals surface area contributed by atoms with E-state index in [9.17, 15) is 24.0 Å². The number of ether oxygens (including phenoxy) is 1. The van der Waals surface area contributed by atoms with Crippen molar-refractivity contribution in [2.45, 2.75) is 17.0 Å². The predicted octanol–water partition coefficient (Wildman–Crippen LogP) is 0.0497. The lowest BCUT2D eigenvalue weighted by atomic mass is 10.2. The van der Waals surface area contributed by atoms with Crippen molar-refractivity contribution in [3.8, 4) is 0 Å². The van der Waals surface area contributed by atoms with Crippen LogP contribution in [-0.4, -0.2) is 51.9 Å². The van der Waals surface area contributed by atoms with Crippen molar-refractivity contribution in [2.75, 3.05) is 13.1 Å². The molecule has 2 N–H and O–H groups in total. The van der Waals surface area contributed by atoms with Crippen molar-refractivity contribution in [1.29, 1.82) is 0 Å². The highest BCUT2D eigenvalue weighted by Crippen LogP contribution is 2.20. The SMILES string of the molecule is O=C(CNC(=O)OCc1ccccc1)NCC(=O)ON1C(=O)CC(I)C1=O. The summed E-state index contributed by atoms with van der Waals surface area (Å²) in [4.78, 5) is 62.4. The van der Waals surface area contributed by atoms with E-state index in [-0.39, 0.29) is 13.0 Å². The van der Waals surface area contributed by atoms with E-state index in [0.717, 1.165) is 5.56 Å². The Bertz CT molecular complexity index is 741. The van der Waals surface area contributed by atoms with Crippen LogP contribution in [0.15, 0.2) is 30.3 Å². The molecule has 1 unspecified atom stereocenters. The molecule has 11 heteroatoms. The lowest BCUT2D eigenvalue weighted by Crippen LogP contribution is -2.42. The standard InChI is InChI=1S/C16H16IN3O7/c17-11-6-13(22)20(15(11)24)27-14(23)8-18-12(21)7-19-16(25)26-9-10-4-2-1-3-5-10/h1-5,11H,6-9H2,(H,18,21)(H,19,25). The number of amides is 4. The number of carbonyl (C=O) groups is 5. The van der Waals surface area contributed by atoms with E-state index in [0.29, 0.717) is 5.06 Å². The van der Waals surface area contributed by atoms with Gasteiger partial charge in [0.05, 0.1) is 6.42 Å². The Hall–Kier alpha value is -2.70. The average Bonchev–Trinajstić information content (AvgIpc) is 2.90. The third-order valence-electron chi connectivity index (χ3n) is 3.28. The van der Waals surface area contributed by atoms with Crippen LogP contribution >= 0.6 is 22.6 Å². The number of hydroxylamine groups is 2. The van der Waals surface area contributed by atoms with Crippen LogP contribution in [0, 0.1) is 0 Å². The zero-order valence-electron chi connectivity index (χ0n) is 14.0. The van der Waals surface area contributed by atoms with Crippen LogP contribution in [0.1, 0.15) is 12.0 Å². The van der Waals surface area contributed by atoms with Gasteiger partial charge in [-0.15, -0.1) is 5.06 Å². The van der Waals surface area contributed by atoms with E-state index in [1.54, 1.807) is 46.9 Å². The molecule has 1 heterocycles. The van der Waals surface area contributed by atoms with Gasteiger partial charge in [-0.1, -0.05) is 52.9 Å². The Morgan fingerprint density at radius 3 is 2.44 bits per heavy atom. The Balaban J connectivity index is 1.62. The first-order chi connectivity index (χ1) is 12.9. The summed E-state index contributed by atoms with van der Waals surface area (Å²) in [5.74, 6) is -2.90. The van der Waals surface area contributed by atoms with Crippen LogP contribution in [-0.2, 0) is 35.4 Å². The van der Waals surface area contributed by atoms with Crippen LogP contribution in [0.3, 0.4) is 0 Å². The predicted molar refractivity (Wildman–Crippen MR) is 98.0 cm³/mol. The zero-order chi connectivity index (χ0) is 19.8. The quantitative estimate of drug-likeness (QED) is 0.315. The van der Waals surface area contributed by atoms with Crippen LogP contribution < -0.4 is 10.6 Å². The van der Waals surface area contributed by atoms with E-state index in [4.69, 9.17) is 4.74 Å². The zero-order valence-corrected chi connectivity index (χ0v) is 16.1. The van der Waals surface area contributed by atoms with Crippen LogP contribution in [0.4, 0.5) is 4.79 Å². The van der Waals surface area contributed by atoms with Crippen molar-refractivity contribution in [3.05, 3.63) is 35.9 Å². The molecule has 144 valence electrons. The molecule has 1 fully saturated rings. The first-order valence-electron chi connectivity index (χ1n) is 7.79. The Kier molecular flexibility index (Phi) is 7.52. The minimum Gasteiger partial charge on any atom is -0.445 e. The maximum absolute atomic E-state index is 11.6. The monoisotopic (exact) mass is 489 g/mol. The number of rotatable bonds is 7. The average molecular weight is 489 g/mol. The molecule has 2 rings (SSSR count). The first-order valence-corrected chi connectivity index (χ1v) is 9.04.